The van der Waals surface area contributed by atoms with Gasteiger partial charge in [0.1, 0.15) is 11.7 Å². The lowest BCUT2D eigenvalue weighted by Gasteiger charge is -2.27. The summed E-state index contributed by atoms with van der Waals surface area (Å²) >= 11 is 6.05. The van der Waals surface area contributed by atoms with E-state index < -0.39 is 41.5 Å². The number of hydrogen-bond acceptors (Lipinski definition) is 8. The summed E-state index contributed by atoms with van der Waals surface area (Å²) in [7, 11) is 1.26. The number of halogens is 1. The number of esters is 3. The molecule has 34 heavy (non-hydrogen) atoms. The lowest BCUT2D eigenvalue weighted by molar-refractivity contribution is -0.162. The van der Waals surface area contributed by atoms with Gasteiger partial charge < -0.3 is 19.3 Å². The predicted octanol–water partition coefficient (Wildman–Crippen LogP) is 4.08. The smallest absolute Gasteiger partial charge is 0.305 e. The molecular weight excluding hydrogens is 464 g/mol. The molecule has 1 rings (SSSR count). The Bertz CT molecular complexity index is 829. The highest BCUT2D eigenvalue weighted by Gasteiger charge is 2.42. The van der Waals surface area contributed by atoms with Gasteiger partial charge in [-0.2, -0.15) is 0 Å². The second-order valence-electron chi connectivity index (χ2n) is 8.19. The zero-order chi connectivity index (χ0) is 25.7. The molecule has 0 amide bonds. The highest BCUT2D eigenvalue weighted by atomic mass is 35.5. The molecule has 0 heterocycles. The van der Waals surface area contributed by atoms with Gasteiger partial charge >= 0.3 is 17.9 Å². The average Bonchev–Trinajstić information content (AvgIpc) is 2.97. The minimum Gasteiger partial charge on any atom is -0.469 e. The van der Waals surface area contributed by atoms with Crippen LogP contribution < -0.4 is 0 Å². The largest absolute Gasteiger partial charge is 0.469 e. The third kappa shape index (κ3) is 9.81. The van der Waals surface area contributed by atoms with Gasteiger partial charge in [0.25, 0.3) is 0 Å². The summed E-state index contributed by atoms with van der Waals surface area (Å²) in [5.74, 6) is -2.34. The normalized spacial score (nSPS) is 20.8. The van der Waals surface area contributed by atoms with Gasteiger partial charge in [-0.15, -0.1) is 0 Å². The van der Waals surface area contributed by atoms with Crippen LogP contribution in [0.5, 0.6) is 0 Å². The number of carbonyl (C=O) groups excluding carboxylic acids is 4. The number of hydrogen-bond donors (Lipinski definition) is 1. The van der Waals surface area contributed by atoms with Crippen LogP contribution in [0.3, 0.4) is 0 Å². The SMILES string of the molecule is CCCCC/C=C\C[C@]1(O)C=C(Cl)C(=O)/C1=C/[C@H](OC(C)=O)[C@H](CCCC(=O)OC)OC(C)=O. The highest BCUT2D eigenvalue weighted by Crippen LogP contribution is 2.37. The number of allylic oxidation sites excluding steroid dienone is 2. The summed E-state index contributed by atoms with van der Waals surface area (Å²) in [5, 5.41) is 11.1. The number of ether oxygens (including phenoxy) is 3. The summed E-state index contributed by atoms with van der Waals surface area (Å²) in [6, 6.07) is 0. The van der Waals surface area contributed by atoms with Crippen molar-refractivity contribution in [2.24, 2.45) is 0 Å². The molecule has 0 aromatic carbocycles. The van der Waals surface area contributed by atoms with Crippen LogP contribution in [0.15, 0.2) is 34.9 Å². The molecule has 0 spiro atoms. The van der Waals surface area contributed by atoms with Crippen LogP contribution in [-0.4, -0.2) is 53.7 Å². The van der Waals surface area contributed by atoms with E-state index in [2.05, 4.69) is 11.7 Å². The first-order valence-corrected chi connectivity index (χ1v) is 11.9. The van der Waals surface area contributed by atoms with Gasteiger partial charge in [0, 0.05) is 32.3 Å². The van der Waals surface area contributed by atoms with Crippen LogP contribution in [0.25, 0.3) is 0 Å². The van der Waals surface area contributed by atoms with Gasteiger partial charge in [-0.1, -0.05) is 43.5 Å². The van der Waals surface area contributed by atoms with Crippen molar-refractivity contribution in [3.63, 3.8) is 0 Å². The lowest BCUT2D eigenvalue weighted by Crippen LogP contribution is -2.36. The second-order valence-corrected chi connectivity index (χ2v) is 8.59. The van der Waals surface area contributed by atoms with E-state index >= 15 is 0 Å². The first-order chi connectivity index (χ1) is 16.0. The van der Waals surface area contributed by atoms with Gasteiger partial charge in [-0.25, -0.2) is 0 Å². The maximum Gasteiger partial charge on any atom is 0.305 e. The van der Waals surface area contributed by atoms with Crippen molar-refractivity contribution in [2.75, 3.05) is 7.11 Å². The minimum absolute atomic E-state index is 0.0629. The summed E-state index contributed by atoms with van der Waals surface area (Å²) in [6.45, 7) is 4.49. The van der Waals surface area contributed by atoms with E-state index in [0.717, 1.165) is 25.7 Å². The van der Waals surface area contributed by atoms with E-state index in [0.29, 0.717) is 0 Å². The second kappa shape index (κ2) is 14.7. The standard InChI is InChI=1S/C25H35ClO8/c1-5-6-7-8-9-10-14-25(31)16-20(26)24(30)19(25)15-22(34-18(3)28)21(33-17(2)27)12-11-13-23(29)32-4/h9-10,15-16,21-22,31H,5-8,11-14H2,1-4H3/b10-9-,19-15-/t21-,22-,25-/m0/s1. The molecule has 1 aliphatic rings. The molecule has 0 fully saturated rings. The summed E-state index contributed by atoms with van der Waals surface area (Å²) in [4.78, 5) is 47.7. The molecule has 190 valence electrons. The Kier molecular flexibility index (Phi) is 12.8. The van der Waals surface area contributed by atoms with Gasteiger partial charge in [0.2, 0.25) is 5.78 Å². The highest BCUT2D eigenvalue weighted by molar-refractivity contribution is 6.46. The summed E-state index contributed by atoms with van der Waals surface area (Å²) in [5.41, 5.74) is -1.76. The summed E-state index contributed by atoms with van der Waals surface area (Å²) in [6.07, 6.45) is 8.77. The van der Waals surface area contributed by atoms with E-state index in [1.807, 2.05) is 6.08 Å². The van der Waals surface area contributed by atoms with Crippen molar-refractivity contribution < 1.29 is 38.5 Å². The summed E-state index contributed by atoms with van der Waals surface area (Å²) < 4.78 is 15.3. The molecule has 0 aromatic rings. The lowest BCUT2D eigenvalue weighted by atomic mass is 9.90. The zero-order valence-corrected chi connectivity index (χ0v) is 21.1. The molecule has 0 saturated heterocycles. The van der Waals surface area contributed by atoms with Gasteiger partial charge in [0.05, 0.1) is 12.1 Å². The number of Topliss-reactive ketones (excluding diaryl/α,β-unsaturated/α-hetero) is 1. The fourth-order valence-corrected chi connectivity index (χ4v) is 3.87. The first kappa shape index (κ1) is 29.6. The first-order valence-electron chi connectivity index (χ1n) is 11.5. The average molecular weight is 499 g/mol. The van der Waals surface area contributed by atoms with E-state index in [4.69, 9.17) is 21.1 Å². The molecule has 0 unspecified atom stereocenters. The number of ketones is 1. The van der Waals surface area contributed by atoms with E-state index in [9.17, 15) is 24.3 Å². The van der Waals surface area contributed by atoms with Crippen LogP contribution in [-0.2, 0) is 33.4 Å². The van der Waals surface area contributed by atoms with Gasteiger partial charge in [0.15, 0.2) is 6.10 Å². The molecule has 3 atom stereocenters. The zero-order valence-electron chi connectivity index (χ0n) is 20.3. The Morgan fingerprint density at radius 1 is 1.12 bits per heavy atom. The van der Waals surface area contributed by atoms with Crippen molar-refractivity contribution in [1.82, 2.24) is 0 Å². The Balaban J connectivity index is 3.20. The molecule has 0 bridgehead atoms. The Morgan fingerprint density at radius 2 is 1.79 bits per heavy atom. The molecule has 0 aromatic heterocycles. The Morgan fingerprint density at radius 3 is 2.38 bits per heavy atom. The number of rotatable bonds is 14. The fourth-order valence-electron chi connectivity index (χ4n) is 3.59. The number of unbranched alkanes of at least 4 members (excludes halogenated alkanes) is 3. The van der Waals surface area contributed by atoms with Gasteiger partial charge in [-0.3, -0.25) is 19.2 Å². The minimum atomic E-state index is -1.69. The molecule has 9 heteroatoms. The van der Waals surface area contributed by atoms with Gasteiger partial charge in [-0.05, 0) is 37.8 Å². The number of aliphatic hydroxyl groups is 1. The monoisotopic (exact) mass is 498 g/mol. The topological polar surface area (TPSA) is 116 Å². The maximum atomic E-state index is 12.7. The third-order valence-electron chi connectivity index (χ3n) is 5.28. The van der Waals surface area contributed by atoms with Crippen LogP contribution in [0, 0.1) is 0 Å². The van der Waals surface area contributed by atoms with Crippen molar-refractivity contribution in [3.8, 4) is 0 Å². The Hall–Kier alpha value is -2.45. The predicted molar refractivity (Wildman–Crippen MR) is 127 cm³/mol. The van der Waals surface area contributed by atoms with E-state index in [1.54, 1.807) is 6.08 Å². The molecule has 0 saturated carbocycles. The molecule has 1 N–H and O–H groups in total. The van der Waals surface area contributed by atoms with Crippen molar-refractivity contribution in [2.45, 2.75) is 89.9 Å². The molecule has 0 aliphatic heterocycles. The van der Waals surface area contributed by atoms with E-state index in [1.165, 1.54) is 33.1 Å². The maximum absolute atomic E-state index is 12.7. The van der Waals surface area contributed by atoms with Crippen LogP contribution in [0.1, 0.15) is 72.1 Å². The Labute approximate surface area is 206 Å². The third-order valence-corrected chi connectivity index (χ3v) is 5.56. The van der Waals surface area contributed by atoms with Crippen molar-refractivity contribution >= 4 is 35.3 Å². The van der Waals surface area contributed by atoms with Crippen LogP contribution in [0.4, 0.5) is 0 Å². The fraction of sp³-hybridized carbons (Fsp3) is 0.600. The number of carbonyl (C=O) groups is 4. The van der Waals surface area contributed by atoms with Crippen molar-refractivity contribution in [3.05, 3.63) is 34.9 Å². The van der Waals surface area contributed by atoms with Crippen LogP contribution in [0.2, 0.25) is 0 Å². The molecule has 1 aliphatic carbocycles. The molecule has 0 radical (unpaired) electrons. The number of methoxy groups -OCH3 is 1. The van der Waals surface area contributed by atoms with Crippen molar-refractivity contribution in [1.29, 1.82) is 0 Å². The molecule has 8 nitrogen and oxygen atoms in total. The van der Waals surface area contributed by atoms with E-state index in [-0.39, 0.29) is 36.3 Å². The molecular formula is C25H35ClO8. The quantitative estimate of drug-likeness (QED) is 0.125. The van der Waals surface area contributed by atoms with Crippen LogP contribution >= 0.6 is 11.6 Å².